The molecule has 0 aromatic heterocycles. The van der Waals surface area contributed by atoms with Crippen molar-refractivity contribution in [3.8, 4) is 0 Å². The van der Waals surface area contributed by atoms with Crippen LogP contribution in [0.25, 0.3) is 0 Å². The Hall–Kier alpha value is -0.900. The fourth-order valence-corrected chi connectivity index (χ4v) is 0.253. The maximum Gasteiger partial charge on any atom is 0.235 e. The second kappa shape index (κ2) is 4.26. The summed E-state index contributed by atoms with van der Waals surface area (Å²) in [5.74, 6) is 4.54. The highest BCUT2D eigenvalue weighted by atomic mass is 16.2. The SMILES string of the molecule is C=NCCC(=O)NN. The number of carbonyl (C=O) groups is 1. The third kappa shape index (κ3) is 3.30. The van der Waals surface area contributed by atoms with Crippen LogP contribution in [0, 0.1) is 0 Å². The topological polar surface area (TPSA) is 67.5 Å². The van der Waals surface area contributed by atoms with Crippen molar-refractivity contribution in [3.63, 3.8) is 0 Å². The second-order valence-electron chi connectivity index (χ2n) is 1.26. The van der Waals surface area contributed by atoms with E-state index in [-0.39, 0.29) is 5.91 Å². The van der Waals surface area contributed by atoms with Gasteiger partial charge >= 0.3 is 0 Å². The van der Waals surface area contributed by atoms with Gasteiger partial charge in [0.05, 0.1) is 0 Å². The summed E-state index contributed by atoms with van der Waals surface area (Å²) in [7, 11) is 0. The van der Waals surface area contributed by atoms with Crippen LogP contribution in [0.1, 0.15) is 6.42 Å². The molecule has 0 aliphatic heterocycles. The molecular formula is C4H9N3O. The van der Waals surface area contributed by atoms with Crippen LogP contribution in [0.4, 0.5) is 0 Å². The molecule has 0 bridgehead atoms. The molecule has 0 atom stereocenters. The van der Waals surface area contributed by atoms with Gasteiger partial charge in [0.25, 0.3) is 0 Å². The van der Waals surface area contributed by atoms with E-state index < -0.39 is 0 Å². The minimum Gasteiger partial charge on any atom is -0.300 e. The smallest absolute Gasteiger partial charge is 0.235 e. The highest BCUT2D eigenvalue weighted by Crippen LogP contribution is 1.76. The molecule has 46 valence electrons. The van der Waals surface area contributed by atoms with Crippen molar-refractivity contribution in [2.45, 2.75) is 6.42 Å². The summed E-state index contributed by atoms with van der Waals surface area (Å²) in [5.41, 5.74) is 1.97. The Morgan fingerprint density at radius 2 is 2.50 bits per heavy atom. The van der Waals surface area contributed by atoms with Crippen LogP contribution in [0.3, 0.4) is 0 Å². The van der Waals surface area contributed by atoms with E-state index in [1.54, 1.807) is 0 Å². The molecule has 1 amide bonds. The summed E-state index contributed by atoms with van der Waals surface area (Å²) >= 11 is 0. The molecule has 0 aliphatic rings. The lowest BCUT2D eigenvalue weighted by molar-refractivity contribution is -0.120. The van der Waals surface area contributed by atoms with Crippen molar-refractivity contribution in [1.29, 1.82) is 0 Å². The predicted molar refractivity (Wildman–Crippen MR) is 31.4 cm³/mol. The van der Waals surface area contributed by atoms with Crippen LogP contribution in [-0.4, -0.2) is 19.2 Å². The number of amides is 1. The molecule has 0 spiro atoms. The fourth-order valence-electron chi connectivity index (χ4n) is 0.253. The first-order valence-corrected chi connectivity index (χ1v) is 2.23. The van der Waals surface area contributed by atoms with E-state index in [1.165, 1.54) is 0 Å². The van der Waals surface area contributed by atoms with Crippen LogP contribution in [0.15, 0.2) is 4.99 Å². The van der Waals surface area contributed by atoms with Gasteiger partial charge in [-0.05, 0) is 6.72 Å². The molecule has 4 nitrogen and oxygen atoms in total. The number of hydrogen-bond acceptors (Lipinski definition) is 3. The first kappa shape index (κ1) is 7.10. The third-order valence-electron chi connectivity index (χ3n) is 0.658. The molecule has 0 aromatic rings. The standard InChI is InChI=1S/C4H9N3O/c1-6-3-2-4(8)7-5/h1-3,5H2,(H,7,8). The molecule has 0 saturated carbocycles. The molecule has 0 aromatic carbocycles. The Labute approximate surface area is 47.8 Å². The van der Waals surface area contributed by atoms with Gasteiger partial charge in [0.1, 0.15) is 0 Å². The first-order chi connectivity index (χ1) is 3.81. The minimum atomic E-state index is -0.211. The largest absolute Gasteiger partial charge is 0.300 e. The number of hydrogen-bond donors (Lipinski definition) is 2. The van der Waals surface area contributed by atoms with E-state index in [9.17, 15) is 4.79 Å². The van der Waals surface area contributed by atoms with Crippen molar-refractivity contribution in [1.82, 2.24) is 5.43 Å². The average Bonchev–Trinajstić information content (AvgIpc) is 1.83. The quantitative estimate of drug-likeness (QED) is 0.216. The van der Waals surface area contributed by atoms with Gasteiger partial charge in [-0.15, -0.1) is 0 Å². The van der Waals surface area contributed by atoms with Gasteiger partial charge in [-0.2, -0.15) is 0 Å². The predicted octanol–water partition coefficient (Wildman–Crippen LogP) is -0.933. The molecule has 0 rings (SSSR count). The fraction of sp³-hybridized carbons (Fsp3) is 0.500. The lowest BCUT2D eigenvalue weighted by Gasteiger charge is -1.92. The molecule has 3 N–H and O–H groups in total. The molecule has 4 heteroatoms. The summed E-state index contributed by atoms with van der Waals surface area (Å²) in [6.07, 6.45) is 0.319. The number of nitrogens with one attached hydrogen (secondary N) is 1. The van der Waals surface area contributed by atoms with Gasteiger partial charge in [0.2, 0.25) is 5.91 Å². The van der Waals surface area contributed by atoms with E-state index in [0.717, 1.165) is 0 Å². The first-order valence-electron chi connectivity index (χ1n) is 2.23. The van der Waals surface area contributed by atoms with E-state index in [4.69, 9.17) is 5.84 Å². The molecule has 0 saturated heterocycles. The van der Waals surface area contributed by atoms with Crippen molar-refractivity contribution < 1.29 is 4.79 Å². The van der Waals surface area contributed by atoms with Crippen molar-refractivity contribution in [2.75, 3.05) is 6.54 Å². The zero-order valence-electron chi connectivity index (χ0n) is 4.55. The van der Waals surface area contributed by atoms with Crippen molar-refractivity contribution in [2.24, 2.45) is 10.8 Å². The summed E-state index contributed by atoms with van der Waals surface area (Å²) in [6, 6.07) is 0. The molecule has 0 aliphatic carbocycles. The van der Waals surface area contributed by atoms with Gasteiger partial charge < -0.3 is 4.99 Å². The molecule has 0 unspecified atom stereocenters. The Morgan fingerprint density at radius 3 is 2.88 bits per heavy atom. The number of nitrogens with zero attached hydrogens (tertiary/aromatic N) is 1. The van der Waals surface area contributed by atoms with E-state index in [0.29, 0.717) is 13.0 Å². The van der Waals surface area contributed by atoms with Crippen LogP contribution >= 0.6 is 0 Å². The molecule has 0 fully saturated rings. The van der Waals surface area contributed by atoms with Crippen LogP contribution in [0.2, 0.25) is 0 Å². The maximum absolute atomic E-state index is 10.2. The van der Waals surface area contributed by atoms with Crippen molar-refractivity contribution >= 4 is 12.6 Å². The van der Waals surface area contributed by atoms with Gasteiger partial charge in [0.15, 0.2) is 0 Å². The Balaban J connectivity index is 3.11. The van der Waals surface area contributed by atoms with Crippen LogP contribution in [0.5, 0.6) is 0 Å². The lowest BCUT2D eigenvalue weighted by atomic mass is 10.4. The molecule has 0 heterocycles. The number of hydrazine groups is 1. The molecule has 8 heavy (non-hydrogen) atoms. The Morgan fingerprint density at radius 1 is 1.88 bits per heavy atom. The van der Waals surface area contributed by atoms with Gasteiger partial charge in [-0.3, -0.25) is 10.2 Å². The number of nitrogens with two attached hydrogens (primary N) is 1. The Kier molecular flexibility index (Phi) is 3.78. The van der Waals surface area contributed by atoms with E-state index in [1.807, 2.05) is 5.43 Å². The summed E-state index contributed by atoms with van der Waals surface area (Å²) in [6.45, 7) is 3.63. The highest BCUT2D eigenvalue weighted by molar-refractivity contribution is 5.75. The summed E-state index contributed by atoms with van der Waals surface area (Å²) in [4.78, 5) is 13.7. The summed E-state index contributed by atoms with van der Waals surface area (Å²) in [5, 5.41) is 0. The number of carbonyl (C=O) groups excluding carboxylic acids is 1. The third-order valence-corrected chi connectivity index (χ3v) is 0.658. The average molecular weight is 115 g/mol. The van der Waals surface area contributed by atoms with Gasteiger partial charge in [0, 0.05) is 13.0 Å². The monoisotopic (exact) mass is 115 g/mol. The Bertz CT molecular complexity index is 91.3. The van der Waals surface area contributed by atoms with Crippen LogP contribution < -0.4 is 11.3 Å². The minimum absolute atomic E-state index is 0.211. The normalized spacial score (nSPS) is 8.12. The highest BCUT2D eigenvalue weighted by Gasteiger charge is 1.92. The zero-order chi connectivity index (χ0) is 6.41. The van der Waals surface area contributed by atoms with Gasteiger partial charge in [-0.25, -0.2) is 5.84 Å². The number of rotatable bonds is 3. The summed E-state index contributed by atoms with van der Waals surface area (Å²) < 4.78 is 0. The van der Waals surface area contributed by atoms with E-state index >= 15 is 0 Å². The van der Waals surface area contributed by atoms with Crippen molar-refractivity contribution in [3.05, 3.63) is 0 Å². The zero-order valence-corrected chi connectivity index (χ0v) is 4.55. The van der Waals surface area contributed by atoms with E-state index in [2.05, 4.69) is 11.7 Å². The molecular weight excluding hydrogens is 106 g/mol. The van der Waals surface area contributed by atoms with Gasteiger partial charge in [-0.1, -0.05) is 0 Å². The maximum atomic E-state index is 10.2. The number of aliphatic imine (C=N–C) groups is 1. The van der Waals surface area contributed by atoms with Crippen LogP contribution in [-0.2, 0) is 4.79 Å². The molecule has 0 radical (unpaired) electrons. The second-order valence-corrected chi connectivity index (χ2v) is 1.26. The lowest BCUT2D eigenvalue weighted by Crippen LogP contribution is -2.30.